The summed E-state index contributed by atoms with van der Waals surface area (Å²) in [6.45, 7) is 15.1. The summed E-state index contributed by atoms with van der Waals surface area (Å²) in [4.78, 5) is 25.0. The number of ether oxygens (including phenoxy) is 2. The van der Waals surface area contributed by atoms with Gasteiger partial charge in [-0.3, -0.25) is 0 Å². The Morgan fingerprint density at radius 3 is 1.40 bits per heavy atom. The Balaban J connectivity index is 1.81. The molecule has 0 fully saturated rings. The first kappa shape index (κ1) is 29.8. The lowest BCUT2D eigenvalue weighted by Gasteiger charge is -2.35. The van der Waals surface area contributed by atoms with Crippen LogP contribution in [0.1, 0.15) is 73.9 Å². The summed E-state index contributed by atoms with van der Waals surface area (Å²) in [5.41, 5.74) is 8.90. The van der Waals surface area contributed by atoms with Gasteiger partial charge >= 0.3 is 11.9 Å². The van der Waals surface area contributed by atoms with Gasteiger partial charge in [0.15, 0.2) is 0 Å². The molecule has 0 aromatic heterocycles. The maximum absolute atomic E-state index is 12.5. The first-order chi connectivity index (χ1) is 20.7. The molecule has 0 N–H and O–H groups in total. The average molecular weight is 571 g/mol. The van der Waals surface area contributed by atoms with Crippen molar-refractivity contribution in [2.45, 2.75) is 58.8 Å². The van der Waals surface area contributed by atoms with E-state index >= 15 is 0 Å². The minimum atomic E-state index is -0.647. The van der Waals surface area contributed by atoms with E-state index in [1.807, 2.05) is 12.1 Å². The van der Waals surface area contributed by atoms with Crippen molar-refractivity contribution in [2.75, 3.05) is 0 Å². The van der Waals surface area contributed by atoms with E-state index in [0.717, 1.165) is 47.9 Å². The molecule has 218 valence electrons. The quantitative estimate of drug-likeness (QED) is 0.0956. The highest BCUT2D eigenvalue weighted by Gasteiger charge is 2.46. The van der Waals surface area contributed by atoms with Gasteiger partial charge in [0.1, 0.15) is 11.5 Å². The zero-order chi connectivity index (χ0) is 30.7. The fourth-order valence-corrected chi connectivity index (χ4v) is 6.15. The molecule has 5 rings (SSSR count). The fourth-order valence-electron chi connectivity index (χ4n) is 6.15. The lowest BCUT2D eigenvalue weighted by Crippen LogP contribution is -2.29. The summed E-state index contributed by atoms with van der Waals surface area (Å²) < 4.78 is 11.6. The SMILES string of the molecule is C=C(C)C(=O)Oc1ccc(C2(c3ccc(OC(=O)C(=C)C)c(CCC)c3)c3ccccc3-c3ccccc32)cc1CCC. The smallest absolute Gasteiger partial charge is 0.338 e. The fraction of sp³-hybridized carbons (Fsp3) is 0.231. The number of aryl methyl sites for hydroxylation is 2. The zero-order valence-electron chi connectivity index (χ0n) is 25.5. The first-order valence-electron chi connectivity index (χ1n) is 14.9. The average Bonchev–Trinajstić information content (AvgIpc) is 3.30. The van der Waals surface area contributed by atoms with Crippen molar-refractivity contribution in [1.29, 1.82) is 0 Å². The molecule has 4 aromatic rings. The second-order valence-electron chi connectivity index (χ2n) is 11.3. The van der Waals surface area contributed by atoms with Crippen molar-refractivity contribution < 1.29 is 19.1 Å². The summed E-state index contributed by atoms with van der Waals surface area (Å²) in [6.07, 6.45) is 3.29. The van der Waals surface area contributed by atoms with E-state index in [-0.39, 0.29) is 0 Å². The summed E-state index contributed by atoms with van der Waals surface area (Å²) in [7, 11) is 0. The molecule has 0 atom stereocenters. The highest BCUT2D eigenvalue weighted by Crippen LogP contribution is 2.56. The maximum atomic E-state index is 12.5. The second kappa shape index (κ2) is 12.3. The minimum absolute atomic E-state index is 0.359. The molecule has 1 aliphatic carbocycles. The number of carbonyl (C=O) groups excluding carboxylic acids is 2. The van der Waals surface area contributed by atoms with Crippen LogP contribution in [0, 0.1) is 0 Å². The van der Waals surface area contributed by atoms with Crippen molar-refractivity contribution in [3.05, 3.63) is 143 Å². The molecule has 0 saturated carbocycles. The number of rotatable bonds is 10. The van der Waals surface area contributed by atoms with Crippen LogP contribution in [0.4, 0.5) is 0 Å². The van der Waals surface area contributed by atoms with Crippen molar-refractivity contribution in [3.8, 4) is 22.6 Å². The topological polar surface area (TPSA) is 52.6 Å². The molecule has 0 spiro atoms. The van der Waals surface area contributed by atoms with Crippen molar-refractivity contribution in [3.63, 3.8) is 0 Å². The van der Waals surface area contributed by atoms with E-state index < -0.39 is 17.4 Å². The Morgan fingerprint density at radius 2 is 1.02 bits per heavy atom. The number of fused-ring (bicyclic) bond motifs is 3. The standard InChI is InChI=1S/C39H38O4/c1-7-13-27-23-29(19-21-35(27)42-37(40)25(3)4)39(33-17-11-9-15-31(33)32-16-10-12-18-34(32)39)30-20-22-36(28(24-30)14-8-2)43-38(41)26(5)6/h9-12,15-24H,3,5,7-8,13-14H2,1-2,4,6H3. The number of hydrogen-bond acceptors (Lipinski definition) is 4. The summed E-state index contributed by atoms with van der Waals surface area (Å²) in [6, 6.07) is 29.5. The lowest BCUT2D eigenvalue weighted by molar-refractivity contribution is -0.131. The van der Waals surface area contributed by atoms with E-state index in [1.54, 1.807) is 13.8 Å². The molecule has 0 unspecified atom stereocenters. The van der Waals surface area contributed by atoms with Gasteiger partial charge < -0.3 is 9.47 Å². The van der Waals surface area contributed by atoms with Crippen LogP contribution in [0.2, 0.25) is 0 Å². The van der Waals surface area contributed by atoms with E-state index in [2.05, 4.69) is 99.8 Å². The molecule has 43 heavy (non-hydrogen) atoms. The predicted octanol–water partition coefficient (Wildman–Crippen LogP) is 8.92. The number of esters is 2. The molecule has 1 aliphatic rings. The van der Waals surface area contributed by atoms with Crippen LogP contribution in [0.15, 0.2) is 109 Å². The third-order valence-corrected chi connectivity index (χ3v) is 8.08. The molecule has 0 radical (unpaired) electrons. The largest absolute Gasteiger partial charge is 0.423 e. The molecule has 0 bridgehead atoms. The van der Waals surface area contributed by atoms with Gasteiger partial charge in [0, 0.05) is 11.1 Å². The van der Waals surface area contributed by atoms with Gasteiger partial charge in [0.2, 0.25) is 0 Å². The monoisotopic (exact) mass is 570 g/mol. The van der Waals surface area contributed by atoms with Gasteiger partial charge in [-0.2, -0.15) is 0 Å². The number of benzene rings is 4. The van der Waals surface area contributed by atoms with Gasteiger partial charge in [-0.15, -0.1) is 0 Å². The zero-order valence-corrected chi connectivity index (χ0v) is 25.5. The van der Waals surface area contributed by atoms with Crippen LogP contribution in [0.5, 0.6) is 11.5 Å². The molecule has 4 aromatic carbocycles. The summed E-state index contributed by atoms with van der Waals surface area (Å²) >= 11 is 0. The van der Waals surface area contributed by atoms with Gasteiger partial charge in [-0.25, -0.2) is 9.59 Å². The maximum Gasteiger partial charge on any atom is 0.338 e. The van der Waals surface area contributed by atoms with E-state index in [4.69, 9.17) is 9.47 Å². The first-order valence-corrected chi connectivity index (χ1v) is 14.9. The predicted molar refractivity (Wildman–Crippen MR) is 173 cm³/mol. The summed E-state index contributed by atoms with van der Waals surface area (Å²) in [5, 5.41) is 0. The second-order valence-corrected chi connectivity index (χ2v) is 11.3. The number of carbonyl (C=O) groups is 2. The highest BCUT2D eigenvalue weighted by molar-refractivity contribution is 5.90. The van der Waals surface area contributed by atoms with Crippen LogP contribution in [-0.4, -0.2) is 11.9 Å². The van der Waals surface area contributed by atoms with Gasteiger partial charge in [-0.05, 0) is 83.3 Å². The molecular weight excluding hydrogens is 532 g/mol. The molecular formula is C39H38O4. The van der Waals surface area contributed by atoms with E-state index in [0.29, 0.717) is 22.6 Å². The van der Waals surface area contributed by atoms with Crippen molar-refractivity contribution >= 4 is 11.9 Å². The third-order valence-electron chi connectivity index (χ3n) is 8.08. The molecule has 4 nitrogen and oxygen atoms in total. The van der Waals surface area contributed by atoms with Crippen molar-refractivity contribution in [1.82, 2.24) is 0 Å². The Morgan fingerprint density at radius 1 is 0.628 bits per heavy atom. The molecule has 0 amide bonds. The van der Waals surface area contributed by atoms with Crippen LogP contribution < -0.4 is 9.47 Å². The van der Waals surface area contributed by atoms with Crippen LogP contribution in [0.3, 0.4) is 0 Å². The van der Waals surface area contributed by atoms with Gasteiger partial charge in [-0.1, -0.05) is 113 Å². The van der Waals surface area contributed by atoms with Gasteiger partial charge in [0.05, 0.1) is 5.41 Å². The normalized spacial score (nSPS) is 12.7. The van der Waals surface area contributed by atoms with Crippen LogP contribution >= 0.6 is 0 Å². The van der Waals surface area contributed by atoms with Crippen LogP contribution in [0.25, 0.3) is 11.1 Å². The molecule has 0 heterocycles. The van der Waals surface area contributed by atoms with Crippen LogP contribution in [-0.2, 0) is 27.8 Å². The van der Waals surface area contributed by atoms with Gasteiger partial charge in [0.25, 0.3) is 0 Å². The Hall–Kier alpha value is -4.70. The van der Waals surface area contributed by atoms with E-state index in [1.165, 1.54) is 22.3 Å². The number of hydrogen-bond donors (Lipinski definition) is 0. The lowest BCUT2D eigenvalue weighted by atomic mass is 9.67. The van der Waals surface area contributed by atoms with Crippen molar-refractivity contribution in [2.24, 2.45) is 0 Å². The molecule has 0 aliphatic heterocycles. The highest BCUT2D eigenvalue weighted by atomic mass is 16.5. The van der Waals surface area contributed by atoms with E-state index in [9.17, 15) is 9.59 Å². The Kier molecular flexibility index (Phi) is 8.50. The molecule has 0 saturated heterocycles. The molecule has 4 heteroatoms. The Labute approximate surface area is 254 Å². The third kappa shape index (κ3) is 5.34. The summed E-state index contributed by atoms with van der Waals surface area (Å²) in [5.74, 6) is 0.255. The Bertz CT molecular complexity index is 1610. The minimum Gasteiger partial charge on any atom is -0.423 e.